The van der Waals surface area contributed by atoms with Crippen molar-refractivity contribution < 1.29 is 14.6 Å². The van der Waals surface area contributed by atoms with E-state index in [9.17, 15) is 15.2 Å². The normalized spacial score (nSPS) is 23.5. The van der Waals surface area contributed by atoms with E-state index in [-0.39, 0.29) is 30.6 Å². The molecule has 2 amide bonds. The Morgan fingerprint density at radius 1 is 1.13 bits per heavy atom. The maximum Gasteiger partial charge on any atom is 0.319 e. The second kappa shape index (κ2) is 8.76. The van der Waals surface area contributed by atoms with Crippen LogP contribution in [0.4, 0.5) is 4.79 Å². The number of nitriles is 1. The summed E-state index contributed by atoms with van der Waals surface area (Å²) in [4.78, 5) is 14.2. The minimum atomic E-state index is -0.574. The van der Waals surface area contributed by atoms with Gasteiger partial charge < -0.3 is 20.1 Å². The Morgan fingerprint density at radius 3 is 2.27 bits per heavy atom. The summed E-state index contributed by atoms with van der Waals surface area (Å²) in [5, 5.41) is 22.7. The Labute approximate surface area is 177 Å². The minimum Gasteiger partial charge on any atom is -0.497 e. The molecule has 2 aliphatic rings. The molecule has 6 nitrogen and oxygen atoms in total. The van der Waals surface area contributed by atoms with E-state index in [1.807, 2.05) is 48.5 Å². The Hall–Kier alpha value is -3.04. The zero-order valence-electron chi connectivity index (χ0n) is 17.1. The van der Waals surface area contributed by atoms with Crippen LogP contribution in [0.5, 0.6) is 5.75 Å². The molecule has 1 aliphatic heterocycles. The summed E-state index contributed by atoms with van der Waals surface area (Å²) < 4.78 is 5.21. The molecule has 0 bridgehead atoms. The summed E-state index contributed by atoms with van der Waals surface area (Å²) in [6.07, 6.45) is 4.21. The number of urea groups is 1. The van der Waals surface area contributed by atoms with Gasteiger partial charge in [-0.05, 0) is 41.7 Å². The minimum absolute atomic E-state index is 0.166. The first-order valence-electron chi connectivity index (χ1n) is 10.5. The average molecular weight is 405 g/mol. The standard InChI is InChI=1S/C24H27N3O3/c1-30-20-12-10-17(11-13-20)16-6-8-18(9-7-16)23-21(14-25)27(22(23)15-28)24(29)26-19-4-2-3-5-19/h6-13,19,21-23,28H,2-5,15H2,1H3,(H,26,29)/t21-,22+,23-/m1/s1. The lowest BCUT2D eigenvalue weighted by Gasteiger charge is -2.51. The number of rotatable bonds is 5. The number of likely N-dealkylation sites (tertiary alicyclic amines) is 1. The summed E-state index contributed by atoms with van der Waals surface area (Å²) in [5.41, 5.74) is 3.09. The number of hydrogen-bond donors (Lipinski definition) is 2. The maximum atomic E-state index is 12.7. The fourth-order valence-corrected chi connectivity index (χ4v) is 4.69. The van der Waals surface area contributed by atoms with Crippen LogP contribution in [0.1, 0.15) is 37.2 Å². The van der Waals surface area contributed by atoms with E-state index in [1.54, 1.807) is 7.11 Å². The van der Waals surface area contributed by atoms with Crippen LogP contribution in [0.3, 0.4) is 0 Å². The third-order valence-electron chi connectivity index (χ3n) is 6.37. The highest BCUT2D eigenvalue weighted by Gasteiger charge is 2.52. The number of aliphatic hydroxyl groups excluding tert-OH is 1. The monoisotopic (exact) mass is 405 g/mol. The van der Waals surface area contributed by atoms with Gasteiger partial charge in [0.1, 0.15) is 11.8 Å². The molecule has 0 aromatic heterocycles. The SMILES string of the molecule is COc1ccc(-c2ccc([C@@H]3[C@@H](C#N)N(C(=O)NC4CCCC4)[C@H]3CO)cc2)cc1. The van der Waals surface area contributed by atoms with Crippen molar-refractivity contribution in [2.75, 3.05) is 13.7 Å². The number of amides is 2. The molecule has 3 atom stereocenters. The van der Waals surface area contributed by atoms with E-state index in [0.29, 0.717) is 0 Å². The first-order chi connectivity index (χ1) is 14.7. The van der Waals surface area contributed by atoms with Gasteiger partial charge in [0.2, 0.25) is 0 Å². The van der Waals surface area contributed by atoms with Gasteiger partial charge in [-0.1, -0.05) is 49.2 Å². The summed E-state index contributed by atoms with van der Waals surface area (Å²) in [7, 11) is 1.64. The van der Waals surface area contributed by atoms with E-state index >= 15 is 0 Å². The Kier molecular flexibility index (Phi) is 5.91. The van der Waals surface area contributed by atoms with Crippen LogP contribution in [-0.4, -0.2) is 47.9 Å². The first-order valence-corrected chi connectivity index (χ1v) is 10.5. The zero-order valence-corrected chi connectivity index (χ0v) is 17.1. The molecule has 2 aromatic carbocycles. The molecular weight excluding hydrogens is 378 g/mol. The molecule has 2 N–H and O–H groups in total. The molecule has 30 heavy (non-hydrogen) atoms. The van der Waals surface area contributed by atoms with Gasteiger partial charge in [-0.15, -0.1) is 0 Å². The molecule has 2 aromatic rings. The number of ether oxygens (including phenoxy) is 1. The number of aliphatic hydroxyl groups is 1. The smallest absolute Gasteiger partial charge is 0.319 e. The molecule has 156 valence electrons. The van der Waals surface area contributed by atoms with E-state index in [4.69, 9.17) is 4.74 Å². The Morgan fingerprint density at radius 2 is 1.73 bits per heavy atom. The quantitative estimate of drug-likeness (QED) is 0.795. The van der Waals surface area contributed by atoms with Crippen LogP contribution in [0.25, 0.3) is 11.1 Å². The highest BCUT2D eigenvalue weighted by molar-refractivity contribution is 5.78. The van der Waals surface area contributed by atoms with Gasteiger partial charge in [0.25, 0.3) is 0 Å². The summed E-state index contributed by atoms with van der Waals surface area (Å²) >= 11 is 0. The predicted octanol–water partition coefficient (Wildman–Crippen LogP) is 3.67. The summed E-state index contributed by atoms with van der Waals surface area (Å²) in [5.74, 6) is 0.614. The molecule has 1 heterocycles. The average Bonchev–Trinajstić information content (AvgIpc) is 3.27. The fraction of sp³-hybridized carbons (Fsp3) is 0.417. The highest BCUT2D eigenvalue weighted by atomic mass is 16.5. The Balaban J connectivity index is 1.49. The maximum absolute atomic E-state index is 12.7. The Bertz CT molecular complexity index is 914. The number of nitrogens with zero attached hydrogens (tertiary/aromatic N) is 2. The molecule has 0 radical (unpaired) electrons. The molecule has 4 rings (SSSR count). The summed E-state index contributed by atoms with van der Waals surface area (Å²) in [6, 6.07) is 17.1. The molecule has 1 saturated carbocycles. The molecular formula is C24H27N3O3. The molecule has 0 unspecified atom stereocenters. The van der Waals surface area contributed by atoms with Gasteiger partial charge in [0, 0.05) is 12.0 Å². The highest BCUT2D eigenvalue weighted by Crippen LogP contribution is 2.41. The van der Waals surface area contributed by atoms with Crippen molar-refractivity contribution in [3.8, 4) is 22.9 Å². The topological polar surface area (TPSA) is 85.6 Å². The third kappa shape index (κ3) is 3.73. The van der Waals surface area contributed by atoms with Crippen LogP contribution in [0.2, 0.25) is 0 Å². The largest absolute Gasteiger partial charge is 0.497 e. The van der Waals surface area contributed by atoms with E-state index < -0.39 is 6.04 Å². The van der Waals surface area contributed by atoms with Crippen LogP contribution >= 0.6 is 0 Å². The van der Waals surface area contributed by atoms with E-state index in [1.165, 1.54) is 4.90 Å². The zero-order chi connectivity index (χ0) is 21.1. The molecule has 2 fully saturated rings. The second-order valence-electron chi connectivity index (χ2n) is 8.04. The lowest BCUT2D eigenvalue weighted by atomic mass is 9.75. The fourth-order valence-electron chi connectivity index (χ4n) is 4.69. The number of benzene rings is 2. The predicted molar refractivity (Wildman–Crippen MR) is 114 cm³/mol. The lowest BCUT2D eigenvalue weighted by molar-refractivity contribution is 0.0158. The van der Waals surface area contributed by atoms with Crippen LogP contribution in [0, 0.1) is 11.3 Å². The van der Waals surface area contributed by atoms with Crippen molar-refractivity contribution in [1.29, 1.82) is 5.26 Å². The number of hydrogen-bond acceptors (Lipinski definition) is 4. The van der Waals surface area contributed by atoms with Crippen molar-refractivity contribution >= 4 is 6.03 Å². The number of carbonyl (C=O) groups excluding carboxylic acids is 1. The van der Waals surface area contributed by atoms with Gasteiger partial charge in [-0.3, -0.25) is 0 Å². The number of methoxy groups -OCH3 is 1. The van der Waals surface area contributed by atoms with Gasteiger partial charge in [0.15, 0.2) is 0 Å². The van der Waals surface area contributed by atoms with Gasteiger partial charge in [-0.2, -0.15) is 5.26 Å². The van der Waals surface area contributed by atoms with Gasteiger partial charge >= 0.3 is 6.03 Å². The van der Waals surface area contributed by atoms with Crippen LogP contribution < -0.4 is 10.1 Å². The lowest BCUT2D eigenvalue weighted by Crippen LogP contribution is -2.67. The van der Waals surface area contributed by atoms with E-state index in [0.717, 1.165) is 48.1 Å². The van der Waals surface area contributed by atoms with Crippen molar-refractivity contribution in [3.05, 3.63) is 54.1 Å². The van der Waals surface area contributed by atoms with Crippen molar-refractivity contribution in [2.45, 2.75) is 49.7 Å². The third-order valence-corrected chi connectivity index (χ3v) is 6.37. The van der Waals surface area contributed by atoms with Gasteiger partial charge in [-0.25, -0.2) is 4.79 Å². The van der Waals surface area contributed by atoms with Crippen molar-refractivity contribution in [2.24, 2.45) is 0 Å². The van der Waals surface area contributed by atoms with Crippen LogP contribution in [-0.2, 0) is 0 Å². The van der Waals surface area contributed by atoms with Crippen molar-refractivity contribution in [1.82, 2.24) is 10.2 Å². The van der Waals surface area contributed by atoms with Crippen LogP contribution in [0.15, 0.2) is 48.5 Å². The molecule has 1 aliphatic carbocycles. The summed E-state index contributed by atoms with van der Waals surface area (Å²) in [6.45, 7) is -0.166. The number of nitrogens with one attached hydrogen (secondary N) is 1. The molecule has 1 saturated heterocycles. The van der Waals surface area contributed by atoms with Crippen molar-refractivity contribution in [3.63, 3.8) is 0 Å². The van der Waals surface area contributed by atoms with Gasteiger partial charge in [0.05, 0.1) is 25.8 Å². The molecule has 0 spiro atoms. The molecule has 6 heteroatoms. The first kappa shape index (κ1) is 20.2. The number of carbonyl (C=O) groups is 1. The second-order valence-corrected chi connectivity index (χ2v) is 8.04. The van der Waals surface area contributed by atoms with E-state index in [2.05, 4.69) is 11.4 Å².